The molecule has 1 amide bonds. The van der Waals surface area contributed by atoms with Crippen LogP contribution in [0.25, 0.3) is 10.8 Å². The van der Waals surface area contributed by atoms with Gasteiger partial charge in [-0.3, -0.25) is 4.79 Å². The Balaban J connectivity index is 2.02. The van der Waals surface area contributed by atoms with Crippen LogP contribution >= 0.6 is 11.6 Å². The van der Waals surface area contributed by atoms with Crippen molar-refractivity contribution in [2.75, 3.05) is 11.1 Å². The van der Waals surface area contributed by atoms with Gasteiger partial charge in [0.25, 0.3) is 5.91 Å². The Bertz CT molecular complexity index is 804. The van der Waals surface area contributed by atoms with E-state index in [4.69, 9.17) is 17.3 Å². The van der Waals surface area contributed by atoms with Crippen molar-refractivity contribution >= 4 is 39.7 Å². The van der Waals surface area contributed by atoms with E-state index in [1.807, 2.05) is 36.4 Å². The van der Waals surface area contributed by atoms with Gasteiger partial charge in [0.2, 0.25) is 0 Å². The fourth-order valence-electron chi connectivity index (χ4n) is 2.28. The standard InChI is InChI=1S/C17H13ClN2O/c18-14-9-4-10-15(19)16(14)20-17(21)13-8-3-6-11-5-1-2-7-12(11)13/h1-10H,19H2,(H,20,21). The monoisotopic (exact) mass is 296 g/mol. The maximum absolute atomic E-state index is 12.5. The number of nitrogens with two attached hydrogens (primary N) is 1. The van der Waals surface area contributed by atoms with Gasteiger partial charge in [-0.05, 0) is 29.0 Å². The van der Waals surface area contributed by atoms with E-state index in [1.54, 1.807) is 24.3 Å². The predicted octanol–water partition coefficient (Wildman–Crippen LogP) is 4.33. The molecule has 0 aliphatic heterocycles. The summed E-state index contributed by atoms with van der Waals surface area (Å²) in [6.45, 7) is 0. The molecule has 0 unspecified atom stereocenters. The summed E-state index contributed by atoms with van der Waals surface area (Å²) < 4.78 is 0. The van der Waals surface area contributed by atoms with E-state index in [0.717, 1.165) is 10.8 Å². The fourth-order valence-corrected chi connectivity index (χ4v) is 2.51. The lowest BCUT2D eigenvalue weighted by Crippen LogP contribution is -2.14. The summed E-state index contributed by atoms with van der Waals surface area (Å²) in [6, 6.07) is 18.5. The zero-order valence-corrected chi connectivity index (χ0v) is 11.9. The van der Waals surface area contributed by atoms with Gasteiger partial charge in [0.15, 0.2) is 0 Å². The number of fused-ring (bicyclic) bond motifs is 1. The van der Waals surface area contributed by atoms with E-state index < -0.39 is 0 Å². The molecule has 0 fully saturated rings. The number of hydrogen-bond acceptors (Lipinski definition) is 2. The molecule has 4 heteroatoms. The Morgan fingerprint density at radius 3 is 2.48 bits per heavy atom. The molecule has 0 aliphatic rings. The van der Waals surface area contributed by atoms with Crippen molar-refractivity contribution in [3.8, 4) is 0 Å². The number of rotatable bonds is 2. The van der Waals surface area contributed by atoms with Gasteiger partial charge in [0.05, 0.1) is 16.4 Å². The third-order valence-corrected chi connectivity index (χ3v) is 3.63. The molecule has 3 N–H and O–H groups in total. The summed E-state index contributed by atoms with van der Waals surface area (Å²) in [5.74, 6) is -0.230. The molecule has 0 saturated heterocycles. The molecule has 0 heterocycles. The molecule has 0 spiro atoms. The van der Waals surface area contributed by atoms with Crippen molar-refractivity contribution in [3.63, 3.8) is 0 Å². The second-order valence-electron chi connectivity index (χ2n) is 4.68. The van der Waals surface area contributed by atoms with E-state index in [-0.39, 0.29) is 5.91 Å². The van der Waals surface area contributed by atoms with Gasteiger partial charge in [-0.25, -0.2) is 0 Å². The molecule has 0 saturated carbocycles. The molecule has 104 valence electrons. The van der Waals surface area contributed by atoms with Gasteiger partial charge in [-0.15, -0.1) is 0 Å². The van der Waals surface area contributed by atoms with E-state index in [2.05, 4.69) is 5.32 Å². The van der Waals surface area contributed by atoms with Crippen molar-refractivity contribution in [1.29, 1.82) is 0 Å². The summed E-state index contributed by atoms with van der Waals surface area (Å²) >= 11 is 6.08. The van der Waals surface area contributed by atoms with Gasteiger partial charge in [-0.2, -0.15) is 0 Å². The van der Waals surface area contributed by atoms with Crippen LogP contribution in [0.1, 0.15) is 10.4 Å². The number of nitrogen functional groups attached to an aromatic ring is 1. The quantitative estimate of drug-likeness (QED) is 0.692. The van der Waals surface area contributed by atoms with Crippen LogP contribution < -0.4 is 11.1 Å². The fraction of sp³-hybridized carbons (Fsp3) is 0. The highest BCUT2D eigenvalue weighted by Crippen LogP contribution is 2.29. The lowest BCUT2D eigenvalue weighted by molar-refractivity contribution is 0.102. The van der Waals surface area contributed by atoms with Gasteiger partial charge in [-0.1, -0.05) is 54.1 Å². The second-order valence-corrected chi connectivity index (χ2v) is 5.09. The summed E-state index contributed by atoms with van der Waals surface area (Å²) in [5.41, 5.74) is 7.33. The molecule has 0 aliphatic carbocycles. The highest BCUT2D eigenvalue weighted by molar-refractivity contribution is 6.34. The predicted molar refractivity (Wildman–Crippen MR) is 87.8 cm³/mol. The number of amides is 1. The molecule has 0 atom stereocenters. The van der Waals surface area contributed by atoms with Gasteiger partial charge < -0.3 is 11.1 Å². The zero-order valence-electron chi connectivity index (χ0n) is 11.1. The maximum Gasteiger partial charge on any atom is 0.256 e. The van der Waals surface area contributed by atoms with E-state index >= 15 is 0 Å². The molecule has 3 rings (SSSR count). The summed E-state index contributed by atoms with van der Waals surface area (Å²) in [6.07, 6.45) is 0. The molecule has 21 heavy (non-hydrogen) atoms. The molecule has 3 nitrogen and oxygen atoms in total. The van der Waals surface area contributed by atoms with Crippen LogP contribution in [0.3, 0.4) is 0 Å². The first-order valence-corrected chi connectivity index (χ1v) is 6.88. The Morgan fingerprint density at radius 1 is 0.952 bits per heavy atom. The first-order valence-electron chi connectivity index (χ1n) is 6.50. The summed E-state index contributed by atoms with van der Waals surface area (Å²) in [7, 11) is 0. The number of anilines is 2. The maximum atomic E-state index is 12.5. The minimum Gasteiger partial charge on any atom is -0.397 e. The Kier molecular flexibility index (Phi) is 3.50. The molecule has 0 aromatic heterocycles. The van der Waals surface area contributed by atoms with Crippen molar-refractivity contribution in [2.45, 2.75) is 0 Å². The SMILES string of the molecule is Nc1cccc(Cl)c1NC(=O)c1cccc2ccccc12. The summed E-state index contributed by atoms with van der Waals surface area (Å²) in [4.78, 5) is 12.5. The normalized spacial score (nSPS) is 10.5. The van der Waals surface area contributed by atoms with E-state index in [1.165, 1.54) is 0 Å². The lowest BCUT2D eigenvalue weighted by atomic mass is 10.0. The minimum atomic E-state index is -0.230. The van der Waals surface area contributed by atoms with Crippen LogP contribution in [0, 0.1) is 0 Å². The number of nitrogens with one attached hydrogen (secondary N) is 1. The Labute approximate surface area is 127 Å². The Morgan fingerprint density at radius 2 is 1.67 bits per heavy atom. The highest BCUT2D eigenvalue weighted by atomic mass is 35.5. The smallest absolute Gasteiger partial charge is 0.256 e. The number of benzene rings is 3. The van der Waals surface area contributed by atoms with Crippen LogP contribution in [0.5, 0.6) is 0 Å². The summed E-state index contributed by atoms with van der Waals surface area (Å²) in [5, 5.41) is 5.11. The number of carbonyl (C=O) groups excluding carboxylic acids is 1. The van der Waals surface area contributed by atoms with Crippen molar-refractivity contribution in [3.05, 3.63) is 71.2 Å². The van der Waals surface area contributed by atoms with Gasteiger partial charge in [0.1, 0.15) is 0 Å². The molecular weight excluding hydrogens is 284 g/mol. The number of carbonyl (C=O) groups is 1. The zero-order chi connectivity index (χ0) is 14.8. The third kappa shape index (κ3) is 2.56. The van der Waals surface area contributed by atoms with Gasteiger partial charge in [0, 0.05) is 5.56 Å². The van der Waals surface area contributed by atoms with Crippen LogP contribution in [-0.4, -0.2) is 5.91 Å². The Hall–Kier alpha value is -2.52. The molecular formula is C17H13ClN2O. The third-order valence-electron chi connectivity index (χ3n) is 3.32. The average Bonchev–Trinajstić information content (AvgIpc) is 2.50. The van der Waals surface area contributed by atoms with Crippen molar-refractivity contribution in [1.82, 2.24) is 0 Å². The number of halogens is 1. The minimum absolute atomic E-state index is 0.230. The highest BCUT2D eigenvalue weighted by Gasteiger charge is 2.13. The average molecular weight is 297 g/mol. The van der Waals surface area contributed by atoms with Crippen molar-refractivity contribution in [2.24, 2.45) is 0 Å². The van der Waals surface area contributed by atoms with E-state index in [0.29, 0.717) is 22.0 Å². The molecule has 0 bridgehead atoms. The van der Waals surface area contributed by atoms with Gasteiger partial charge >= 0.3 is 0 Å². The van der Waals surface area contributed by atoms with E-state index in [9.17, 15) is 4.79 Å². The van der Waals surface area contributed by atoms with Crippen LogP contribution in [0.4, 0.5) is 11.4 Å². The molecule has 3 aromatic carbocycles. The lowest BCUT2D eigenvalue weighted by Gasteiger charge is -2.11. The molecule has 3 aromatic rings. The van der Waals surface area contributed by atoms with Crippen LogP contribution in [-0.2, 0) is 0 Å². The molecule has 0 radical (unpaired) electrons. The first kappa shape index (κ1) is 13.5. The van der Waals surface area contributed by atoms with Crippen molar-refractivity contribution < 1.29 is 4.79 Å². The van der Waals surface area contributed by atoms with Crippen LogP contribution in [0.15, 0.2) is 60.7 Å². The largest absolute Gasteiger partial charge is 0.397 e. The number of hydrogen-bond donors (Lipinski definition) is 2. The number of para-hydroxylation sites is 1. The second kappa shape index (κ2) is 5.46. The van der Waals surface area contributed by atoms with Crippen LogP contribution in [0.2, 0.25) is 5.02 Å². The first-order chi connectivity index (χ1) is 10.2. The topological polar surface area (TPSA) is 55.1 Å².